The molecule has 17 heavy (non-hydrogen) atoms. The molecular formula is C15H23NS. The SMILES string of the molecule is CCCCCCNC1CSCc2ccccc21. The Hall–Kier alpha value is -0.470. The van der Waals surface area contributed by atoms with E-state index in [1.807, 2.05) is 0 Å². The van der Waals surface area contributed by atoms with E-state index in [1.165, 1.54) is 54.9 Å². The van der Waals surface area contributed by atoms with Gasteiger partial charge in [-0.05, 0) is 24.1 Å². The van der Waals surface area contributed by atoms with Crippen LogP contribution in [0.15, 0.2) is 24.3 Å². The molecule has 1 aliphatic heterocycles. The van der Waals surface area contributed by atoms with Crippen molar-refractivity contribution in [1.29, 1.82) is 0 Å². The molecule has 1 heterocycles. The average molecular weight is 249 g/mol. The monoisotopic (exact) mass is 249 g/mol. The normalized spacial score (nSPS) is 19.0. The van der Waals surface area contributed by atoms with Gasteiger partial charge in [0.2, 0.25) is 0 Å². The van der Waals surface area contributed by atoms with Crippen LogP contribution in [0.2, 0.25) is 0 Å². The van der Waals surface area contributed by atoms with Gasteiger partial charge in [0, 0.05) is 17.5 Å². The van der Waals surface area contributed by atoms with Crippen molar-refractivity contribution in [2.24, 2.45) is 0 Å². The molecule has 0 aromatic heterocycles. The molecule has 0 bridgehead atoms. The molecule has 94 valence electrons. The molecule has 0 saturated carbocycles. The maximum Gasteiger partial charge on any atom is 0.0415 e. The van der Waals surface area contributed by atoms with Crippen molar-refractivity contribution in [2.75, 3.05) is 12.3 Å². The summed E-state index contributed by atoms with van der Waals surface area (Å²) in [5.74, 6) is 2.41. The van der Waals surface area contributed by atoms with E-state index in [9.17, 15) is 0 Å². The van der Waals surface area contributed by atoms with E-state index in [4.69, 9.17) is 0 Å². The van der Waals surface area contributed by atoms with Gasteiger partial charge in [0.1, 0.15) is 0 Å². The third-order valence-electron chi connectivity index (χ3n) is 3.39. The number of nitrogens with one attached hydrogen (secondary N) is 1. The molecule has 0 radical (unpaired) electrons. The van der Waals surface area contributed by atoms with Gasteiger partial charge in [-0.3, -0.25) is 0 Å². The summed E-state index contributed by atoms with van der Waals surface area (Å²) in [6, 6.07) is 9.46. The lowest BCUT2D eigenvalue weighted by Gasteiger charge is -2.26. The first-order valence-corrected chi connectivity index (χ1v) is 7.96. The van der Waals surface area contributed by atoms with Gasteiger partial charge in [0.15, 0.2) is 0 Å². The van der Waals surface area contributed by atoms with Crippen molar-refractivity contribution in [2.45, 2.75) is 44.4 Å². The first kappa shape index (κ1) is 13.0. The second-order valence-corrected chi connectivity index (χ2v) is 5.81. The lowest BCUT2D eigenvalue weighted by molar-refractivity contribution is 0.537. The predicted molar refractivity (Wildman–Crippen MR) is 77.5 cm³/mol. The van der Waals surface area contributed by atoms with E-state index in [0.29, 0.717) is 6.04 Å². The zero-order valence-corrected chi connectivity index (χ0v) is 11.6. The smallest absolute Gasteiger partial charge is 0.0415 e. The van der Waals surface area contributed by atoms with Crippen molar-refractivity contribution in [3.8, 4) is 0 Å². The molecule has 1 nitrogen and oxygen atoms in total. The molecule has 0 saturated heterocycles. The Kier molecular flexibility index (Phi) is 5.40. The van der Waals surface area contributed by atoms with Crippen LogP contribution in [0.5, 0.6) is 0 Å². The average Bonchev–Trinajstić information content (AvgIpc) is 2.39. The molecule has 1 aromatic carbocycles. The van der Waals surface area contributed by atoms with Crippen molar-refractivity contribution in [1.82, 2.24) is 5.32 Å². The number of fused-ring (bicyclic) bond motifs is 1. The highest BCUT2D eigenvalue weighted by Crippen LogP contribution is 2.31. The van der Waals surface area contributed by atoms with Gasteiger partial charge >= 0.3 is 0 Å². The number of hydrogen-bond acceptors (Lipinski definition) is 2. The Bertz CT molecular complexity index is 337. The highest BCUT2D eigenvalue weighted by atomic mass is 32.2. The van der Waals surface area contributed by atoms with Gasteiger partial charge in [-0.1, -0.05) is 50.5 Å². The zero-order chi connectivity index (χ0) is 11.9. The first-order valence-electron chi connectivity index (χ1n) is 6.80. The van der Waals surface area contributed by atoms with Crippen molar-refractivity contribution >= 4 is 11.8 Å². The van der Waals surface area contributed by atoms with Gasteiger partial charge in [-0.2, -0.15) is 11.8 Å². The van der Waals surface area contributed by atoms with Crippen molar-refractivity contribution < 1.29 is 0 Å². The molecule has 1 aliphatic rings. The largest absolute Gasteiger partial charge is 0.309 e. The van der Waals surface area contributed by atoms with Crippen LogP contribution >= 0.6 is 11.8 Å². The molecule has 2 rings (SSSR count). The van der Waals surface area contributed by atoms with E-state index in [-0.39, 0.29) is 0 Å². The molecular weight excluding hydrogens is 226 g/mol. The lowest BCUT2D eigenvalue weighted by atomic mass is 10.0. The van der Waals surface area contributed by atoms with Crippen LogP contribution in [0, 0.1) is 0 Å². The minimum absolute atomic E-state index is 0.576. The summed E-state index contributed by atoms with van der Waals surface area (Å²) in [7, 11) is 0. The highest BCUT2D eigenvalue weighted by Gasteiger charge is 2.18. The third kappa shape index (κ3) is 3.75. The maximum absolute atomic E-state index is 3.72. The second kappa shape index (κ2) is 7.07. The number of hydrogen-bond donors (Lipinski definition) is 1. The van der Waals surface area contributed by atoms with Crippen LogP contribution in [0.3, 0.4) is 0 Å². The Morgan fingerprint density at radius 2 is 2.12 bits per heavy atom. The van der Waals surface area contributed by atoms with Gasteiger partial charge in [-0.15, -0.1) is 0 Å². The molecule has 1 unspecified atom stereocenters. The van der Waals surface area contributed by atoms with Crippen LogP contribution in [0.25, 0.3) is 0 Å². The molecule has 1 atom stereocenters. The van der Waals surface area contributed by atoms with Crippen molar-refractivity contribution in [3.63, 3.8) is 0 Å². The minimum Gasteiger partial charge on any atom is -0.309 e. The maximum atomic E-state index is 3.72. The summed E-state index contributed by atoms with van der Waals surface area (Å²) in [5.41, 5.74) is 3.05. The summed E-state index contributed by atoms with van der Waals surface area (Å²) in [5, 5.41) is 3.72. The fourth-order valence-electron chi connectivity index (χ4n) is 2.38. The fourth-order valence-corrected chi connectivity index (χ4v) is 3.51. The van der Waals surface area contributed by atoms with E-state index in [2.05, 4.69) is 48.3 Å². The Balaban J connectivity index is 1.82. The zero-order valence-electron chi connectivity index (χ0n) is 10.7. The van der Waals surface area contributed by atoms with Crippen LogP contribution in [-0.4, -0.2) is 12.3 Å². The van der Waals surface area contributed by atoms with Crippen LogP contribution in [0.1, 0.15) is 49.8 Å². The molecule has 1 N–H and O–H groups in total. The lowest BCUT2D eigenvalue weighted by Crippen LogP contribution is -2.27. The van der Waals surface area contributed by atoms with E-state index >= 15 is 0 Å². The summed E-state index contributed by atoms with van der Waals surface area (Å²) in [6.07, 6.45) is 5.38. The Morgan fingerprint density at radius 3 is 3.00 bits per heavy atom. The van der Waals surface area contributed by atoms with Gasteiger partial charge in [0.25, 0.3) is 0 Å². The standard InChI is InChI=1S/C15H23NS/c1-2-3-4-7-10-16-15-12-17-11-13-8-5-6-9-14(13)15/h5-6,8-9,15-16H,2-4,7,10-12H2,1H3. The van der Waals surface area contributed by atoms with Gasteiger partial charge < -0.3 is 5.32 Å². The predicted octanol–water partition coefficient (Wildman–Crippen LogP) is 4.14. The number of unbranched alkanes of at least 4 members (excludes halogenated alkanes) is 3. The first-order chi connectivity index (χ1) is 8.42. The Labute approximate surface area is 109 Å². The summed E-state index contributed by atoms with van der Waals surface area (Å²) < 4.78 is 0. The van der Waals surface area contributed by atoms with Crippen LogP contribution < -0.4 is 5.32 Å². The quantitative estimate of drug-likeness (QED) is 0.760. The minimum atomic E-state index is 0.576. The van der Waals surface area contributed by atoms with Crippen LogP contribution in [-0.2, 0) is 5.75 Å². The van der Waals surface area contributed by atoms with Gasteiger partial charge in [-0.25, -0.2) is 0 Å². The molecule has 2 heteroatoms. The summed E-state index contributed by atoms with van der Waals surface area (Å²) in [4.78, 5) is 0. The molecule has 0 fully saturated rings. The number of rotatable bonds is 6. The van der Waals surface area contributed by atoms with Crippen LogP contribution in [0.4, 0.5) is 0 Å². The molecule has 0 amide bonds. The van der Waals surface area contributed by atoms with E-state index < -0.39 is 0 Å². The third-order valence-corrected chi connectivity index (χ3v) is 4.48. The van der Waals surface area contributed by atoms with Crippen molar-refractivity contribution in [3.05, 3.63) is 35.4 Å². The second-order valence-electron chi connectivity index (χ2n) is 4.78. The van der Waals surface area contributed by atoms with Gasteiger partial charge in [0.05, 0.1) is 0 Å². The molecule has 0 spiro atoms. The number of thioether (sulfide) groups is 1. The summed E-state index contributed by atoms with van der Waals surface area (Å²) >= 11 is 2.05. The Morgan fingerprint density at radius 1 is 1.24 bits per heavy atom. The molecule has 0 aliphatic carbocycles. The fraction of sp³-hybridized carbons (Fsp3) is 0.600. The van der Waals surface area contributed by atoms with E-state index in [1.54, 1.807) is 0 Å². The topological polar surface area (TPSA) is 12.0 Å². The summed E-state index contributed by atoms with van der Waals surface area (Å²) in [6.45, 7) is 3.43. The molecule has 1 aromatic rings. The van der Waals surface area contributed by atoms with E-state index in [0.717, 1.165) is 0 Å². The number of benzene rings is 1. The highest BCUT2D eigenvalue weighted by molar-refractivity contribution is 7.98.